The molecule has 0 fully saturated rings. The van der Waals surface area contributed by atoms with Gasteiger partial charge in [-0.25, -0.2) is 18.1 Å². The van der Waals surface area contributed by atoms with Crippen molar-refractivity contribution in [1.82, 2.24) is 9.71 Å². The van der Waals surface area contributed by atoms with E-state index < -0.39 is 26.4 Å². The number of aromatic nitrogens is 1. The van der Waals surface area contributed by atoms with Crippen molar-refractivity contribution in [3.05, 3.63) is 46.2 Å². The minimum Gasteiger partial charge on any atom is -0.502 e. The van der Waals surface area contributed by atoms with Gasteiger partial charge in [0, 0.05) is 26.0 Å². The van der Waals surface area contributed by atoms with Gasteiger partial charge in [-0.05, 0) is 12.1 Å². The first-order chi connectivity index (χ1) is 10.3. The number of phenols is 1. The second-order valence-corrected chi connectivity index (χ2v) is 6.17. The maximum absolute atomic E-state index is 12.1. The number of nitrogens with zero attached hydrogens (tertiary/aromatic N) is 2. The van der Waals surface area contributed by atoms with Gasteiger partial charge in [-0.3, -0.25) is 10.1 Å². The highest BCUT2D eigenvalue weighted by Gasteiger charge is 2.20. The van der Waals surface area contributed by atoms with Crippen molar-refractivity contribution in [2.45, 2.75) is 18.2 Å². The van der Waals surface area contributed by atoms with Crippen LogP contribution in [0.2, 0.25) is 0 Å². The summed E-state index contributed by atoms with van der Waals surface area (Å²) in [4.78, 5) is 13.4. The van der Waals surface area contributed by atoms with Crippen LogP contribution in [0.25, 0.3) is 0 Å². The number of hydrogen-bond donors (Lipinski definition) is 2. The molecule has 2 rings (SSSR count). The Balaban J connectivity index is 2.10. The van der Waals surface area contributed by atoms with Crippen molar-refractivity contribution < 1.29 is 22.9 Å². The highest BCUT2D eigenvalue weighted by molar-refractivity contribution is 7.89. The Bertz CT molecular complexity index is 799. The third kappa shape index (κ3) is 3.59. The SMILES string of the molecule is Cc1ncc(CCNS(=O)(=O)c2ccc(O)c([N+](=O)[O-])c2)o1. The van der Waals surface area contributed by atoms with Crippen LogP contribution >= 0.6 is 0 Å². The molecule has 2 aromatic rings. The average molecular weight is 327 g/mol. The standard InChI is InChI=1S/C12H13N3O6S/c1-8-13-7-9(21-8)4-5-14-22(19,20)10-2-3-12(16)11(6-10)15(17)18/h2-3,6-7,14,16H,4-5H2,1H3. The molecule has 0 saturated carbocycles. The molecule has 0 unspecified atom stereocenters. The highest BCUT2D eigenvalue weighted by Crippen LogP contribution is 2.28. The van der Waals surface area contributed by atoms with Gasteiger partial charge in [-0.15, -0.1) is 0 Å². The second kappa shape index (κ2) is 6.12. The smallest absolute Gasteiger partial charge is 0.312 e. The van der Waals surface area contributed by atoms with Gasteiger partial charge in [0.1, 0.15) is 5.76 Å². The molecule has 1 aromatic heterocycles. The Morgan fingerprint density at radius 1 is 1.45 bits per heavy atom. The lowest BCUT2D eigenvalue weighted by Crippen LogP contribution is -2.26. The lowest BCUT2D eigenvalue weighted by Gasteiger charge is -2.06. The van der Waals surface area contributed by atoms with Gasteiger partial charge in [0.2, 0.25) is 10.0 Å². The molecule has 0 aliphatic heterocycles. The summed E-state index contributed by atoms with van der Waals surface area (Å²) < 4.78 is 31.6. The first-order valence-corrected chi connectivity index (χ1v) is 7.66. The average Bonchev–Trinajstić information content (AvgIpc) is 2.84. The maximum Gasteiger partial charge on any atom is 0.312 e. The predicted molar refractivity (Wildman–Crippen MR) is 74.9 cm³/mol. The Morgan fingerprint density at radius 3 is 2.77 bits per heavy atom. The van der Waals surface area contributed by atoms with Crippen LogP contribution < -0.4 is 4.72 Å². The van der Waals surface area contributed by atoms with Crippen LogP contribution in [0, 0.1) is 17.0 Å². The number of hydrogen-bond acceptors (Lipinski definition) is 7. The zero-order chi connectivity index (χ0) is 16.3. The van der Waals surface area contributed by atoms with E-state index in [1.54, 1.807) is 6.92 Å². The van der Waals surface area contributed by atoms with Crippen molar-refractivity contribution >= 4 is 15.7 Å². The largest absolute Gasteiger partial charge is 0.502 e. The van der Waals surface area contributed by atoms with Crippen LogP contribution in [0.4, 0.5) is 5.69 Å². The van der Waals surface area contributed by atoms with E-state index in [-0.39, 0.29) is 11.4 Å². The van der Waals surface area contributed by atoms with Crippen molar-refractivity contribution in [3.63, 3.8) is 0 Å². The van der Waals surface area contributed by atoms with Gasteiger partial charge in [0.05, 0.1) is 16.0 Å². The third-order valence-corrected chi connectivity index (χ3v) is 4.25. The lowest BCUT2D eigenvalue weighted by atomic mass is 10.3. The number of nitro groups is 1. The molecule has 0 spiro atoms. The van der Waals surface area contributed by atoms with E-state index in [9.17, 15) is 23.6 Å². The van der Waals surface area contributed by atoms with Crippen LogP contribution in [-0.4, -0.2) is 30.0 Å². The summed E-state index contributed by atoms with van der Waals surface area (Å²) in [5.41, 5.74) is -0.672. The van der Waals surface area contributed by atoms with Crippen LogP contribution in [0.3, 0.4) is 0 Å². The van der Waals surface area contributed by atoms with Crippen molar-refractivity contribution in [2.75, 3.05) is 6.54 Å². The summed E-state index contributed by atoms with van der Waals surface area (Å²) >= 11 is 0. The molecule has 1 aromatic carbocycles. The molecule has 0 bridgehead atoms. The zero-order valence-electron chi connectivity index (χ0n) is 11.5. The van der Waals surface area contributed by atoms with Crippen molar-refractivity contribution in [1.29, 1.82) is 0 Å². The molecule has 118 valence electrons. The van der Waals surface area contributed by atoms with Gasteiger partial charge >= 0.3 is 5.69 Å². The number of phenolic OH excluding ortho intramolecular Hbond substituents is 1. The predicted octanol–water partition coefficient (Wildman–Crippen LogP) is 1.12. The topological polar surface area (TPSA) is 136 Å². The fourth-order valence-corrected chi connectivity index (χ4v) is 2.78. The van der Waals surface area contributed by atoms with Gasteiger partial charge in [-0.2, -0.15) is 0 Å². The molecule has 22 heavy (non-hydrogen) atoms. The number of aryl methyl sites for hydroxylation is 1. The minimum absolute atomic E-state index is 0.0473. The van der Waals surface area contributed by atoms with Gasteiger partial charge in [0.25, 0.3) is 0 Å². The van der Waals surface area contributed by atoms with E-state index in [1.807, 2.05) is 0 Å². The molecule has 2 N–H and O–H groups in total. The molecule has 0 saturated heterocycles. The Morgan fingerprint density at radius 2 is 2.18 bits per heavy atom. The molecule has 1 heterocycles. The molecule has 0 radical (unpaired) electrons. The van der Waals surface area contributed by atoms with Crippen LogP contribution in [-0.2, 0) is 16.4 Å². The van der Waals surface area contributed by atoms with Crippen LogP contribution in [0.15, 0.2) is 33.7 Å². The number of nitro benzene ring substituents is 1. The number of sulfonamides is 1. The van der Waals surface area contributed by atoms with Crippen molar-refractivity contribution in [2.24, 2.45) is 0 Å². The molecule has 0 aliphatic carbocycles. The molecule has 0 aliphatic rings. The Hall–Kier alpha value is -2.46. The molecule has 0 amide bonds. The Kier molecular flexibility index (Phi) is 4.43. The summed E-state index contributed by atoms with van der Waals surface area (Å²) in [7, 11) is -3.92. The van der Waals surface area contributed by atoms with E-state index in [4.69, 9.17) is 4.42 Å². The fraction of sp³-hybridized carbons (Fsp3) is 0.250. The molecular formula is C12H13N3O6S. The van der Waals surface area contributed by atoms with E-state index in [0.717, 1.165) is 18.2 Å². The van der Waals surface area contributed by atoms with Gasteiger partial charge in [0.15, 0.2) is 11.6 Å². The van der Waals surface area contributed by atoms with E-state index >= 15 is 0 Å². The van der Waals surface area contributed by atoms with E-state index in [1.165, 1.54) is 6.20 Å². The number of rotatable bonds is 6. The summed E-state index contributed by atoms with van der Waals surface area (Å²) in [6.45, 7) is 1.72. The molecule has 0 atom stereocenters. The van der Waals surface area contributed by atoms with E-state index in [0.29, 0.717) is 18.1 Å². The maximum atomic E-state index is 12.1. The first-order valence-electron chi connectivity index (χ1n) is 6.18. The number of benzene rings is 1. The lowest BCUT2D eigenvalue weighted by molar-refractivity contribution is -0.386. The van der Waals surface area contributed by atoms with Crippen molar-refractivity contribution in [3.8, 4) is 5.75 Å². The van der Waals surface area contributed by atoms with Gasteiger partial charge < -0.3 is 9.52 Å². The van der Waals surface area contributed by atoms with E-state index in [2.05, 4.69) is 9.71 Å². The summed E-state index contributed by atoms with van der Waals surface area (Å²) in [6.07, 6.45) is 1.79. The van der Waals surface area contributed by atoms with Gasteiger partial charge in [-0.1, -0.05) is 0 Å². The molecule has 10 heteroatoms. The normalized spacial score (nSPS) is 11.5. The van der Waals surface area contributed by atoms with Crippen LogP contribution in [0.1, 0.15) is 11.7 Å². The molecule has 9 nitrogen and oxygen atoms in total. The monoisotopic (exact) mass is 327 g/mol. The molecular weight excluding hydrogens is 314 g/mol. The number of nitrogens with one attached hydrogen (secondary N) is 1. The number of aromatic hydroxyl groups is 1. The second-order valence-electron chi connectivity index (χ2n) is 4.40. The fourth-order valence-electron chi connectivity index (χ4n) is 1.73. The quantitative estimate of drug-likeness (QED) is 0.599. The third-order valence-electron chi connectivity index (χ3n) is 2.79. The zero-order valence-corrected chi connectivity index (χ0v) is 12.3. The first kappa shape index (κ1) is 15.9. The highest BCUT2D eigenvalue weighted by atomic mass is 32.2. The minimum atomic E-state index is -3.92. The van der Waals surface area contributed by atoms with Crippen LogP contribution in [0.5, 0.6) is 5.75 Å². The number of oxazole rings is 1. The summed E-state index contributed by atoms with van der Waals surface area (Å²) in [5.74, 6) is 0.407. The summed E-state index contributed by atoms with van der Waals surface area (Å²) in [5, 5.41) is 20.0. The Labute approximate surface area is 125 Å². The summed E-state index contributed by atoms with van der Waals surface area (Å²) in [6, 6.07) is 2.85.